The number of hydrogen-bond donors (Lipinski definition) is 1. The van der Waals surface area contributed by atoms with Gasteiger partial charge in [-0.15, -0.1) is 0 Å². The summed E-state index contributed by atoms with van der Waals surface area (Å²) in [6.07, 6.45) is 2.26. The number of nitrogen functional groups attached to an aromatic ring is 1. The average Bonchev–Trinajstić information content (AvgIpc) is 3.16. The Morgan fingerprint density at radius 1 is 1.50 bits per heavy atom. The van der Waals surface area contributed by atoms with Crippen LogP contribution in [0.25, 0.3) is 11.5 Å². The van der Waals surface area contributed by atoms with Gasteiger partial charge >= 0.3 is 0 Å². The van der Waals surface area contributed by atoms with E-state index in [1.165, 1.54) is 0 Å². The van der Waals surface area contributed by atoms with Crippen molar-refractivity contribution in [1.82, 2.24) is 10.1 Å². The summed E-state index contributed by atoms with van der Waals surface area (Å²) >= 11 is 3.42. The first-order chi connectivity index (χ1) is 9.69. The zero-order valence-corrected chi connectivity index (χ0v) is 12.8. The lowest BCUT2D eigenvalue weighted by molar-refractivity contribution is 0.0385. The molecule has 0 saturated heterocycles. The van der Waals surface area contributed by atoms with E-state index in [-0.39, 0.29) is 6.10 Å². The van der Waals surface area contributed by atoms with Crippen molar-refractivity contribution >= 4 is 21.6 Å². The van der Waals surface area contributed by atoms with Gasteiger partial charge in [0.1, 0.15) is 6.10 Å². The third-order valence-electron chi connectivity index (χ3n) is 3.34. The lowest BCUT2D eigenvalue weighted by Crippen LogP contribution is -2.08. The van der Waals surface area contributed by atoms with Crippen LogP contribution in [0.2, 0.25) is 0 Å². The predicted molar refractivity (Wildman–Crippen MR) is 78.9 cm³/mol. The molecule has 1 heterocycles. The molecule has 0 bridgehead atoms. The molecule has 1 aromatic heterocycles. The summed E-state index contributed by atoms with van der Waals surface area (Å²) in [5, 5.41) is 4.06. The number of nitrogens with two attached hydrogens (primary N) is 1. The second kappa shape index (κ2) is 5.54. The molecule has 1 atom stereocenters. The third kappa shape index (κ3) is 2.71. The van der Waals surface area contributed by atoms with Crippen LogP contribution >= 0.6 is 15.9 Å². The van der Waals surface area contributed by atoms with Crippen molar-refractivity contribution in [2.75, 3.05) is 12.3 Å². The highest BCUT2D eigenvalue weighted by molar-refractivity contribution is 9.10. The third-order valence-corrected chi connectivity index (χ3v) is 3.83. The average molecular weight is 338 g/mol. The van der Waals surface area contributed by atoms with Crippen LogP contribution in [-0.4, -0.2) is 16.7 Å². The van der Waals surface area contributed by atoms with Gasteiger partial charge < -0.3 is 15.0 Å². The monoisotopic (exact) mass is 337 g/mol. The lowest BCUT2D eigenvalue weighted by atomic mass is 10.2. The molecule has 106 valence electrons. The quantitative estimate of drug-likeness (QED) is 0.844. The van der Waals surface area contributed by atoms with Crippen molar-refractivity contribution in [2.45, 2.75) is 25.9 Å². The molecule has 1 unspecified atom stereocenters. The van der Waals surface area contributed by atoms with Crippen LogP contribution in [0, 0.1) is 5.92 Å². The molecule has 0 spiro atoms. The fourth-order valence-electron chi connectivity index (χ4n) is 2.17. The van der Waals surface area contributed by atoms with Gasteiger partial charge in [0.25, 0.3) is 5.89 Å². The SMILES string of the molecule is CCOC(c1noc(-c2cc(Br)ccc2N)n1)C1CC1. The van der Waals surface area contributed by atoms with E-state index in [1.807, 2.05) is 25.1 Å². The Morgan fingerprint density at radius 3 is 3.00 bits per heavy atom. The summed E-state index contributed by atoms with van der Waals surface area (Å²) in [5.41, 5.74) is 7.31. The standard InChI is InChI=1S/C14H16BrN3O2/c1-2-19-12(8-3-4-8)13-17-14(20-18-13)10-7-9(15)5-6-11(10)16/h5-8,12H,2-4,16H2,1H3. The van der Waals surface area contributed by atoms with Crippen molar-refractivity contribution in [3.63, 3.8) is 0 Å². The maximum Gasteiger partial charge on any atom is 0.260 e. The first-order valence-electron chi connectivity index (χ1n) is 6.69. The molecule has 1 aliphatic carbocycles. The van der Waals surface area contributed by atoms with Crippen LogP contribution in [0.4, 0.5) is 5.69 Å². The minimum atomic E-state index is -0.0640. The first kappa shape index (κ1) is 13.6. The summed E-state index contributed by atoms with van der Waals surface area (Å²) in [5.74, 6) is 1.56. The largest absolute Gasteiger partial charge is 0.398 e. The molecular weight excluding hydrogens is 322 g/mol. The molecule has 5 nitrogen and oxygen atoms in total. The molecule has 1 fully saturated rings. The molecule has 1 saturated carbocycles. The number of hydrogen-bond acceptors (Lipinski definition) is 5. The first-order valence-corrected chi connectivity index (χ1v) is 7.49. The van der Waals surface area contributed by atoms with Crippen molar-refractivity contribution in [1.29, 1.82) is 0 Å². The van der Waals surface area contributed by atoms with Crippen LogP contribution in [0.5, 0.6) is 0 Å². The number of halogens is 1. The molecule has 3 rings (SSSR count). The summed E-state index contributed by atoms with van der Waals surface area (Å²) < 4.78 is 12.0. The second-order valence-electron chi connectivity index (χ2n) is 4.90. The van der Waals surface area contributed by atoms with Gasteiger partial charge in [0.05, 0.1) is 5.56 Å². The van der Waals surface area contributed by atoms with Crippen LogP contribution in [0.15, 0.2) is 27.2 Å². The molecule has 2 N–H and O–H groups in total. The van der Waals surface area contributed by atoms with E-state index in [0.717, 1.165) is 22.9 Å². The van der Waals surface area contributed by atoms with Gasteiger partial charge in [-0.05, 0) is 43.9 Å². The molecule has 0 aliphatic heterocycles. The molecular formula is C14H16BrN3O2. The van der Waals surface area contributed by atoms with Crippen LogP contribution in [0.3, 0.4) is 0 Å². The van der Waals surface area contributed by atoms with Gasteiger partial charge in [-0.1, -0.05) is 21.1 Å². The Hall–Kier alpha value is -1.40. The van der Waals surface area contributed by atoms with E-state index >= 15 is 0 Å². The van der Waals surface area contributed by atoms with Gasteiger partial charge in [0.15, 0.2) is 0 Å². The minimum Gasteiger partial charge on any atom is -0.398 e. The van der Waals surface area contributed by atoms with E-state index in [4.69, 9.17) is 15.0 Å². The van der Waals surface area contributed by atoms with Crippen molar-refractivity contribution < 1.29 is 9.26 Å². The summed E-state index contributed by atoms with van der Waals surface area (Å²) in [6, 6.07) is 5.56. The number of rotatable bonds is 5. The van der Waals surface area contributed by atoms with E-state index in [2.05, 4.69) is 26.1 Å². The Bertz CT molecular complexity index is 610. The van der Waals surface area contributed by atoms with E-state index in [0.29, 0.717) is 29.9 Å². The molecule has 1 aromatic carbocycles. The fourth-order valence-corrected chi connectivity index (χ4v) is 2.53. The smallest absolute Gasteiger partial charge is 0.260 e. The summed E-state index contributed by atoms with van der Waals surface area (Å²) in [6.45, 7) is 2.62. The van der Waals surface area contributed by atoms with Crippen molar-refractivity contribution in [3.8, 4) is 11.5 Å². The highest BCUT2D eigenvalue weighted by Crippen LogP contribution is 2.42. The topological polar surface area (TPSA) is 74.2 Å². The minimum absolute atomic E-state index is 0.0640. The Labute approximate surface area is 125 Å². The van der Waals surface area contributed by atoms with E-state index in [9.17, 15) is 0 Å². The number of ether oxygens (including phenoxy) is 1. The van der Waals surface area contributed by atoms with Crippen LogP contribution in [-0.2, 0) is 4.74 Å². The zero-order valence-electron chi connectivity index (χ0n) is 11.2. The Balaban J connectivity index is 1.90. The molecule has 1 aliphatic rings. The Kier molecular flexibility index (Phi) is 3.76. The van der Waals surface area contributed by atoms with Crippen molar-refractivity contribution in [2.24, 2.45) is 5.92 Å². The number of anilines is 1. The summed E-state index contributed by atoms with van der Waals surface area (Å²) in [4.78, 5) is 4.46. The van der Waals surface area contributed by atoms with Gasteiger partial charge in [-0.3, -0.25) is 0 Å². The van der Waals surface area contributed by atoms with E-state index < -0.39 is 0 Å². The van der Waals surface area contributed by atoms with Crippen LogP contribution < -0.4 is 5.73 Å². The van der Waals surface area contributed by atoms with E-state index in [1.54, 1.807) is 0 Å². The predicted octanol–water partition coefficient (Wildman–Crippen LogP) is 3.57. The second-order valence-corrected chi connectivity index (χ2v) is 5.82. The maximum atomic E-state index is 5.96. The molecule has 2 aromatic rings. The lowest BCUT2D eigenvalue weighted by Gasteiger charge is -2.11. The molecule has 6 heteroatoms. The van der Waals surface area contributed by atoms with Gasteiger partial charge in [0.2, 0.25) is 5.82 Å². The highest BCUT2D eigenvalue weighted by Gasteiger charge is 2.36. The highest BCUT2D eigenvalue weighted by atomic mass is 79.9. The fraction of sp³-hybridized carbons (Fsp3) is 0.429. The van der Waals surface area contributed by atoms with Gasteiger partial charge in [0, 0.05) is 16.8 Å². The maximum absolute atomic E-state index is 5.96. The Morgan fingerprint density at radius 2 is 2.30 bits per heavy atom. The number of benzene rings is 1. The van der Waals surface area contributed by atoms with Crippen LogP contribution in [0.1, 0.15) is 31.7 Å². The molecule has 0 radical (unpaired) electrons. The van der Waals surface area contributed by atoms with Gasteiger partial charge in [-0.25, -0.2) is 0 Å². The number of aromatic nitrogens is 2. The molecule has 20 heavy (non-hydrogen) atoms. The zero-order chi connectivity index (χ0) is 14.1. The number of nitrogens with zero attached hydrogens (tertiary/aromatic N) is 2. The van der Waals surface area contributed by atoms with Gasteiger partial charge in [-0.2, -0.15) is 4.98 Å². The van der Waals surface area contributed by atoms with Crippen molar-refractivity contribution in [3.05, 3.63) is 28.5 Å². The normalized spacial score (nSPS) is 16.3. The summed E-state index contributed by atoms with van der Waals surface area (Å²) in [7, 11) is 0. The molecule has 0 amide bonds.